The second-order valence-electron chi connectivity index (χ2n) is 4.16. The van der Waals surface area contributed by atoms with Crippen LogP contribution in [-0.4, -0.2) is 4.57 Å². The van der Waals surface area contributed by atoms with Crippen LogP contribution in [0.4, 0.5) is 0 Å². The molecule has 2 rings (SSSR count). The molecule has 1 aromatic heterocycles. The minimum absolute atomic E-state index is 0.905. The number of nitrogens with zero attached hydrogens (tertiary/aromatic N) is 2. The van der Waals surface area contributed by atoms with Gasteiger partial charge in [0.1, 0.15) is 6.07 Å². The van der Waals surface area contributed by atoms with Gasteiger partial charge < -0.3 is 4.57 Å². The van der Waals surface area contributed by atoms with Crippen molar-refractivity contribution in [3.05, 3.63) is 29.6 Å². The Kier molecular flexibility index (Phi) is 2.91. The number of nitriles is 1. The van der Waals surface area contributed by atoms with Crippen LogP contribution in [0.15, 0.2) is 23.9 Å². The molecule has 0 unspecified atom stereocenters. The Hall–Kier alpha value is -1.49. The molecule has 2 nitrogen and oxygen atoms in total. The van der Waals surface area contributed by atoms with E-state index in [9.17, 15) is 5.26 Å². The molecule has 0 saturated heterocycles. The maximum absolute atomic E-state index is 9.25. The molecule has 0 radical (unpaired) electrons. The van der Waals surface area contributed by atoms with Crippen molar-refractivity contribution in [2.24, 2.45) is 7.05 Å². The molecule has 1 aliphatic rings. The van der Waals surface area contributed by atoms with E-state index in [0.717, 1.165) is 24.1 Å². The average Bonchev–Trinajstić information content (AvgIpc) is 2.68. The molecule has 1 fully saturated rings. The monoisotopic (exact) mass is 200 g/mol. The van der Waals surface area contributed by atoms with E-state index in [1.807, 2.05) is 29.9 Å². The topological polar surface area (TPSA) is 28.7 Å². The third-order valence-corrected chi connectivity index (χ3v) is 3.12. The molecule has 1 saturated carbocycles. The van der Waals surface area contributed by atoms with Crippen LogP contribution in [0.2, 0.25) is 0 Å². The summed E-state index contributed by atoms with van der Waals surface area (Å²) in [4.78, 5) is 0. The molecular weight excluding hydrogens is 184 g/mol. The molecule has 0 aliphatic heterocycles. The Morgan fingerprint density at radius 3 is 2.60 bits per heavy atom. The van der Waals surface area contributed by atoms with Gasteiger partial charge in [-0.3, -0.25) is 0 Å². The van der Waals surface area contributed by atoms with Gasteiger partial charge in [-0.15, -0.1) is 0 Å². The Morgan fingerprint density at radius 2 is 2.07 bits per heavy atom. The van der Waals surface area contributed by atoms with Crippen molar-refractivity contribution in [2.45, 2.75) is 32.1 Å². The Labute approximate surface area is 90.8 Å². The summed E-state index contributed by atoms with van der Waals surface area (Å²) in [6.45, 7) is 0. The Morgan fingerprint density at radius 1 is 1.33 bits per heavy atom. The zero-order valence-corrected chi connectivity index (χ0v) is 9.16. The predicted molar refractivity (Wildman–Crippen MR) is 61.0 cm³/mol. The highest BCUT2D eigenvalue weighted by Crippen LogP contribution is 2.30. The summed E-state index contributed by atoms with van der Waals surface area (Å²) in [5.74, 6) is 0. The molecule has 0 bridgehead atoms. The molecule has 1 aromatic rings. The van der Waals surface area contributed by atoms with Crippen LogP contribution in [0.3, 0.4) is 0 Å². The lowest BCUT2D eigenvalue weighted by atomic mass is 9.90. The lowest BCUT2D eigenvalue weighted by molar-refractivity contribution is 0.601. The van der Waals surface area contributed by atoms with Gasteiger partial charge in [0, 0.05) is 13.2 Å². The van der Waals surface area contributed by atoms with Gasteiger partial charge in [0.05, 0.1) is 11.3 Å². The quantitative estimate of drug-likeness (QED) is 0.639. The predicted octanol–water partition coefficient (Wildman–Crippen LogP) is 3.27. The lowest BCUT2D eigenvalue weighted by Crippen LogP contribution is -2.00. The molecule has 15 heavy (non-hydrogen) atoms. The van der Waals surface area contributed by atoms with Crippen molar-refractivity contribution in [3.63, 3.8) is 0 Å². The van der Waals surface area contributed by atoms with Crippen molar-refractivity contribution in [1.29, 1.82) is 5.26 Å². The highest BCUT2D eigenvalue weighted by atomic mass is 14.9. The molecule has 0 N–H and O–H groups in total. The second kappa shape index (κ2) is 4.35. The lowest BCUT2D eigenvalue weighted by Gasteiger charge is -2.16. The zero-order valence-electron chi connectivity index (χ0n) is 9.16. The minimum atomic E-state index is 0.905. The molecule has 1 heterocycles. The third-order valence-electron chi connectivity index (χ3n) is 3.12. The van der Waals surface area contributed by atoms with E-state index in [0.29, 0.717) is 0 Å². The molecule has 0 spiro atoms. The maximum atomic E-state index is 9.25. The van der Waals surface area contributed by atoms with E-state index >= 15 is 0 Å². The van der Waals surface area contributed by atoms with Gasteiger partial charge in [0.2, 0.25) is 0 Å². The summed E-state index contributed by atoms with van der Waals surface area (Å²) in [5.41, 5.74) is 3.32. The van der Waals surface area contributed by atoms with Crippen LogP contribution >= 0.6 is 0 Å². The first kappa shape index (κ1) is 10.0. The molecule has 0 aromatic carbocycles. The van der Waals surface area contributed by atoms with Gasteiger partial charge in [-0.2, -0.15) is 5.26 Å². The van der Waals surface area contributed by atoms with Crippen LogP contribution in [0, 0.1) is 11.3 Å². The van der Waals surface area contributed by atoms with E-state index in [1.54, 1.807) is 0 Å². The molecule has 0 amide bonds. The van der Waals surface area contributed by atoms with Crippen LogP contribution in [0.25, 0.3) is 5.57 Å². The van der Waals surface area contributed by atoms with Crippen LogP contribution in [0.5, 0.6) is 0 Å². The first-order valence-corrected chi connectivity index (χ1v) is 5.57. The Bertz CT molecular complexity index is 410. The van der Waals surface area contributed by atoms with Gasteiger partial charge in [-0.1, -0.05) is 12.0 Å². The summed E-state index contributed by atoms with van der Waals surface area (Å²) in [6.07, 6.45) is 8.00. The minimum Gasteiger partial charge on any atom is -0.350 e. The van der Waals surface area contributed by atoms with Gasteiger partial charge in [-0.05, 0) is 37.8 Å². The average molecular weight is 200 g/mol. The maximum Gasteiger partial charge on any atom is 0.101 e. The van der Waals surface area contributed by atoms with Crippen LogP contribution in [0.1, 0.15) is 37.8 Å². The SMILES string of the molecule is Cn1cccc1C(C#N)=C1CCCCC1. The van der Waals surface area contributed by atoms with Crippen molar-refractivity contribution < 1.29 is 0 Å². The summed E-state index contributed by atoms with van der Waals surface area (Å²) < 4.78 is 2.03. The first-order chi connectivity index (χ1) is 7.33. The van der Waals surface area contributed by atoms with Crippen molar-refractivity contribution >= 4 is 5.57 Å². The van der Waals surface area contributed by atoms with E-state index in [4.69, 9.17) is 0 Å². The first-order valence-electron chi connectivity index (χ1n) is 5.57. The van der Waals surface area contributed by atoms with E-state index < -0.39 is 0 Å². The van der Waals surface area contributed by atoms with Crippen molar-refractivity contribution in [1.82, 2.24) is 4.57 Å². The summed E-state index contributed by atoms with van der Waals surface area (Å²) in [6, 6.07) is 6.40. The van der Waals surface area contributed by atoms with Crippen LogP contribution < -0.4 is 0 Å². The third kappa shape index (κ3) is 1.97. The standard InChI is InChI=1S/C13H16N2/c1-15-9-5-8-13(15)12(10-14)11-6-3-2-4-7-11/h5,8-9H,2-4,6-7H2,1H3. The number of hydrogen-bond donors (Lipinski definition) is 0. The van der Waals surface area contributed by atoms with Crippen molar-refractivity contribution in [3.8, 4) is 6.07 Å². The molecule has 2 heteroatoms. The molecular formula is C13H16N2. The van der Waals surface area contributed by atoms with Crippen LogP contribution in [-0.2, 0) is 7.05 Å². The largest absolute Gasteiger partial charge is 0.350 e. The summed E-state index contributed by atoms with van der Waals surface area (Å²) in [5, 5.41) is 9.25. The molecule has 78 valence electrons. The number of allylic oxidation sites excluding steroid dienone is 2. The normalized spacial score (nSPS) is 16.1. The van der Waals surface area contributed by atoms with E-state index in [-0.39, 0.29) is 0 Å². The highest BCUT2D eigenvalue weighted by Gasteiger charge is 2.14. The van der Waals surface area contributed by atoms with Gasteiger partial charge in [0.15, 0.2) is 0 Å². The van der Waals surface area contributed by atoms with E-state index in [2.05, 4.69) is 6.07 Å². The second-order valence-corrected chi connectivity index (χ2v) is 4.16. The fourth-order valence-corrected chi connectivity index (χ4v) is 2.27. The summed E-state index contributed by atoms with van der Waals surface area (Å²) in [7, 11) is 2.00. The number of hydrogen-bond acceptors (Lipinski definition) is 1. The zero-order chi connectivity index (χ0) is 10.7. The Balaban J connectivity index is 2.39. The molecule has 0 atom stereocenters. The fraction of sp³-hybridized carbons (Fsp3) is 0.462. The van der Waals surface area contributed by atoms with E-state index in [1.165, 1.54) is 24.8 Å². The highest BCUT2D eigenvalue weighted by molar-refractivity contribution is 5.77. The smallest absolute Gasteiger partial charge is 0.101 e. The van der Waals surface area contributed by atoms with Gasteiger partial charge in [-0.25, -0.2) is 0 Å². The van der Waals surface area contributed by atoms with Gasteiger partial charge >= 0.3 is 0 Å². The summed E-state index contributed by atoms with van der Waals surface area (Å²) >= 11 is 0. The fourth-order valence-electron chi connectivity index (χ4n) is 2.27. The van der Waals surface area contributed by atoms with Gasteiger partial charge in [0.25, 0.3) is 0 Å². The number of aromatic nitrogens is 1. The number of aryl methyl sites for hydroxylation is 1. The van der Waals surface area contributed by atoms with Crippen molar-refractivity contribution in [2.75, 3.05) is 0 Å². The molecule has 1 aliphatic carbocycles. The number of rotatable bonds is 1.